The second-order valence-electron chi connectivity index (χ2n) is 4.90. The average Bonchev–Trinajstić information content (AvgIpc) is 2.47. The van der Waals surface area contributed by atoms with Crippen LogP contribution in [0.2, 0.25) is 0 Å². The first-order valence-corrected chi connectivity index (χ1v) is 6.18. The summed E-state index contributed by atoms with van der Waals surface area (Å²) in [6.45, 7) is 8.06. The molecule has 0 bridgehead atoms. The number of rotatable bonds is 2. The van der Waals surface area contributed by atoms with E-state index in [0.717, 1.165) is 30.4 Å². The van der Waals surface area contributed by atoms with Crippen LogP contribution in [0, 0.1) is 0 Å². The van der Waals surface area contributed by atoms with Crippen molar-refractivity contribution in [1.29, 1.82) is 0 Å². The summed E-state index contributed by atoms with van der Waals surface area (Å²) in [6.07, 6.45) is 0.170. The van der Waals surface area contributed by atoms with Gasteiger partial charge in [0.05, 0.1) is 0 Å². The zero-order valence-corrected chi connectivity index (χ0v) is 11.0. The average molecular weight is 235 g/mol. The van der Waals surface area contributed by atoms with Crippen LogP contribution in [-0.4, -0.2) is 30.7 Å². The molecule has 0 spiro atoms. The van der Waals surface area contributed by atoms with E-state index >= 15 is 0 Å². The summed E-state index contributed by atoms with van der Waals surface area (Å²) in [5.74, 6) is 1.74. The lowest BCUT2D eigenvalue weighted by Crippen LogP contribution is -2.27. The normalized spacial score (nSPS) is 19.5. The molecule has 0 radical (unpaired) electrons. The molecule has 0 saturated heterocycles. The molecule has 1 aromatic heterocycles. The largest absolute Gasteiger partial charge is 0.473 e. The Morgan fingerprint density at radius 1 is 1.47 bits per heavy atom. The lowest BCUT2D eigenvalue weighted by Gasteiger charge is -2.23. The summed E-state index contributed by atoms with van der Waals surface area (Å²) in [6, 6.07) is 4.59. The van der Waals surface area contributed by atoms with Crippen molar-refractivity contribution < 1.29 is 4.74 Å². The summed E-state index contributed by atoms with van der Waals surface area (Å²) in [5.41, 5.74) is 1.13. The molecule has 1 aliphatic rings. The molecule has 0 saturated carbocycles. The minimum atomic E-state index is 0.170. The van der Waals surface area contributed by atoms with Crippen molar-refractivity contribution in [2.75, 3.05) is 18.5 Å². The van der Waals surface area contributed by atoms with E-state index in [4.69, 9.17) is 4.74 Å². The molecular weight excluding hydrogens is 214 g/mol. The van der Waals surface area contributed by atoms with E-state index in [1.54, 1.807) is 0 Å². The number of anilines is 1. The topological polar surface area (TPSA) is 37.4 Å². The quantitative estimate of drug-likeness (QED) is 0.848. The van der Waals surface area contributed by atoms with Gasteiger partial charge in [-0.05, 0) is 32.9 Å². The van der Waals surface area contributed by atoms with Crippen LogP contribution >= 0.6 is 0 Å². The number of ether oxygens (including phenoxy) is 1. The summed E-state index contributed by atoms with van der Waals surface area (Å²) < 4.78 is 5.83. The van der Waals surface area contributed by atoms with E-state index in [-0.39, 0.29) is 6.10 Å². The second kappa shape index (κ2) is 4.92. The highest BCUT2D eigenvalue weighted by Gasteiger charge is 2.16. The molecule has 1 aliphatic heterocycles. The fraction of sp³-hybridized carbons (Fsp3) is 0.615. The fourth-order valence-corrected chi connectivity index (χ4v) is 1.80. The van der Waals surface area contributed by atoms with Gasteiger partial charge in [-0.3, -0.25) is 0 Å². The van der Waals surface area contributed by atoms with Gasteiger partial charge < -0.3 is 15.0 Å². The van der Waals surface area contributed by atoms with E-state index < -0.39 is 0 Å². The van der Waals surface area contributed by atoms with Gasteiger partial charge in [0.1, 0.15) is 11.9 Å². The number of fused-ring (bicyclic) bond motifs is 1. The SMILES string of the molecule is CC1CNCc2ccc(N(C)C(C)C)nc2O1. The Labute approximate surface area is 103 Å². The third-order valence-corrected chi connectivity index (χ3v) is 3.12. The van der Waals surface area contributed by atoms with Crippen molar-refractivity contribution >= 4 is 5.82 Å². The van der Waals surface area contributed by atoms with Gasteiger partial charge in [0.2, 0.25) is 5.88 Å². The Morgan fingerprint density at radius 3 is 2.94 bits per heavy atom. The van der Waals surface area contributed by atoms with Gasteiger partial charge in [-0.1, -0.05) is 0 Å². The van der Waals surface area contributed by atoms with Gasteiger partial charge in [-0.2, -0.15) is 4.98 Å². The first kappa shape index (κ1) is 12.2. The maximum absolute atomic E-state index is 5.83. The first-order chi connectivity index (χ1) is 8.08. The van der Waals surface area contributed by atoms with E-state index in [1.807, 2.05) is 0 Å². The lowest BCUT2D eigenvalue weighted by molar-refractivity contribution is 0.218. The highest BCUT2D eigenvalue weighted by molar-refractivity contribution is 5.44. The van der Waals surface area contributed by atoms with E-state index in [9.17, 15) is 0 Å². The molecule has 1 aromatic rings. The molecule has 0 fully saturated rings. The molecule has 94 valence electrons. The molecule has 1 N–H and O–H groups in total. The molecular formula is C13H21N3O. The Balaban J connectivity index is 2.29. The lowest BCUT2D eigenvalue weighted by atomic mass is 10.2. The Morgan fingerprint density at radius 2 is 2.24 bits per heavy atom. The molecule has 2 heterocycles. The second-order valence-corrected chi connectivity index (χ2v) is 4.90. The maximum atomic E-state index is 5.83. The zero-order valence-electron chi connectivity index (χ0n) is 11.0. The Bertz CT molecular complexity index is 392. The van der Waals surface area contributed by atoms with Crippen molar-refractivity contribution in [2.24, 2.45) is 0 Å². The van der Waals surface area contributed by atoms with Crippen molar-refractivity contribution in [3.8, 4) is 5.88 Å². The molecule has 17 heavy (non-hydrogen) atoms. The number of nitrogens with one attached hydrogen (secondary N) is 1. The summed E-state index contributed by atoms with van der Waals surface area (Å²) in [7, 11) is 2.05. The highest BCUT2D eigenvalue weighted by Crippen LogP contribution is 2.24. The van der Waals surface area contributed by atoms with E-state index in [0.29, 0.717) is 6.04 Å². The first-order valence-electron chi connectivity index (χ1n) is 6.18. The molecule has 4 nitrogen and oxygen atoms in total. The van der Waals surface area contributed by atoms with Gasteiger partial charge >= 0.3 is 0 Å². The van der Waals surface area contributed by atoms with Gasteiger partial charge in [0.25, 0.3) is 0 Å². The van der Waals surface area contributed by atoms with Crippen molar-refractivity contribution in [3.63, 3.8) is 0 Å². The molecule has 0 aliphatic carbocycles. The van der Waals surface area contributed by atoms with Gasteiger partial charge in [0, 0.05) is 31.7 Å². The number of nitrogens with zero attached hydrogens (tertiary/aromatic N) is 2. The van der Waals surface area contributed by atoms with Gasteiger partial charge in [-0.25, -0.2) is 0 Å². The van der Waals surface area contributed by atoms with Crippen LogP contribution in [-0.2, 0) is 6.54 Å². The fourth-order valence-electron chi connectivity index (χ4n) is 1.80. The van der Waals surface area contributed by atoms with Crippen LogP contribution in [0.15, 0.2) is 12.1 Å². The molecule has 1 atom stereocenters. The predicted molar refractivity (Wildman–Crippen MR) is 69.6 cm³/mol. The maximum Gasteiger partial charge on any atom is 0.220 e. The molecule has 0 aromatic carbocycles. The van der Waals surface area contributed by atoms with Crippen LogP contribution in [0.1, 0.15) is 26.3 Å². The third kappa shape index (κ3) is 2.69. The smallest absolute Gasteiger partial charge is 0.220 e. The van der Waals surface area contributed by atoms with Crippen molar-refractivity contribution in [3.05, 3.63) is 17.7 Å². The van der Waals surface area contributed by atoms with Crippen LogP contribution < -0.4 is 15.0 Å². The third-order valence-electron chi connectivity index (χ3n) is 3.12. The zero-order chi connectivity index (χ0) is 12.4. The number of aromatic nitrogens is 1. The van der Waals surface area contributed by atoms with Crippen molar-refractivity contribution in [2.45, 2.75) is 39.5 Å². The van der Waals surface area contributed by atoms with Crippen LogP contribution in [0.3, 0.4) is 0 Å². The Kier molecular flexibility index (Phi) is 3.52. The van der Waals surface area contributed by atoms with Crippen molar-refractivity contribution in [1.82, 2.24) is 10.3 Å². The van der Waals surface area contributed by atoms with Crippen LogP contribution in [0.5, 0.6) is 5.88 Å². The molecule has 2 rings (SSSR count). The van der Waals surface area contributed by atoms with Gasteiger partial charge in [-0.15, -0.1) is 0 Å². The van der Waals surface area contributed by atoms with E-state index in [2.05, 4.69) is 55.2 Å². The van der Waals surface area contributed by atoms with Crippen LogP contribution in [0.4, 0.5) is 5.82 Å². The molecule has 1 unspecified atom stereocenters. The predicted octanol–water partition coefficient (Wildman–Crippen LogP) is 1.80. The highest BCUT2D eigenvalue weighted by atomic mass is 16.5. The standard InChI is InChI=1S/C13H21N3O/c1-9(2)16(4)12-6-5-11-8-14-7-10(3)17-13(11)15-12/h5-6,9-10,14H,7-8H2,1-4H3. The monoisotopic (exact) mass is 235 g/mol. The molecule has 0 amide bonds. The number of pyridine rings is 1. The minimum Gasteiger partial charge on any atom is -0.473 e. The number of hydrogen-bond donors (Lipinski definition) is 1. The summed E-state index contributed by atoms with van der Waals surface area (Å²) in [5, 5.41) is 3.35. The van der Waals surface area contributed by atoms with Gasteiger partial charge in [0.15, 0.2) is 0 Å². The van der Waals surface area contributed by atoms with Crippen LogP contribution in [0.25, 0.3) is 0 Å². The van der Waals surface area contributed by atoms with E-state index in [1.165, 1.54) is 0 Å². The summed E-state index contributed by atoms with van der Waals surface area (Å²) in [4.78, 5) is 6.75. The minimum absolute atomic E-state index is 0.170. The summed E-state index contributed by atoms with van der Waals surface area (Å²) >= 11 is 0. The molecule has 4 heteroatoms. The Hall–Kier alpha value is -1.29. The number of hydrogen-bond acceptors (Lipinski definition) is 4.